The van der Waals surface area contributed by atoms with Gasteiger partial charge in [0.15, 0.2) is 11.6 Å². The van der Waals surface area contributed by atoms with E-state index >= 15 is 0 Å². The summed E-state index contributed by atoms with van der Waals surface area (Å²) in [6.45, 7) is 3.82. The van der Waals surface area contributed by atoms with Crippen molar-refractivity contribution in [3.05, 3.63) is 52.2 Å². The third-order valence-electron chi connectivity index (χ3n) is 4.44. The molecule has 0 atom stereocenters. The highest BCUT2D eigenvalue weighted by Crippen LogP contribution is 2.40. The van der Waals surface area contributed by atoms with Crippen molar-refractivity contribution in [2.75, 3.05) is 0 Å². The lowest BCUT2D eigenvalue weighted by molar-refractivity contribution is 0.103. The zero-order chi connectivity index (χ0) is 16.0. The topological polar surface area (TPSA) is 87.3 Å². The molecule has 116 valence electrons. The van der Waals surface area contributed by atoms with Crippen molar-refractivity contribution in [2.45, 2.75) is 32.6 Å². The number of ketones is 1. The summed E-state index contributed by atoms with van der Waals surface area (Å²) < 4.78 is 0. The van der Waals surface area contributed by atoms with Gasteiger partial charge in [0.25, 0.3) is 0 Å². The van der Waals surface area contributed by atoms with Gasteiger partial charge in [-0.15, -0.1) is 5.10 Å². The summed E-state index contributed by atoms with van der Waals surface area (Å²) in [5.74, 6) is 1.21. The van der Waals surface area contributed by atoms with E-state index in [1.807, 2.05) is 32.0 Å². The number of nitrogens with one attached hydrogen (secondary N) is 2. The van der Waals surface area contributed by atoms with Crippen LogP contribution in [0.1, 0.15) is 51.5 Å². The number of aromatic nitrogens is 5. The van der Waals surface area contributed by atoms with E-state index in [-0.39, 0.29) is 5.78 Å². The first-order valence-corrected chi connectivity index (χ1v) is 7.73. The van der Waals surface area contributed by atoms with E-state index in [1.165, 1.54) is 18.4 Å². The molecule has 1 aliphatic rings. The Bertz CT molecular complexity index is 875. The molecule has 0 unspecified atom stereocenters. The van der Waals surface area contributed by atoms with Gasteiger partial charge in [0.05, 0.1) is 5.69 Å². The molecule has 1 aliphatic carbocycles. The molecule has 1 fully saturated rings. The molecule has 0 saturated heterocycles. The van der Waals surface area contributed by atoms with Crippen LogP contribution in [0.5, 0.6) is 0 Å². The number of aromatic amines is 2. The SMILES string of the molecule is Cc1[nH]c(-c2nnn[nH]2)c(C)c1C(=O)c1cccc(C2CC2)c1. The lowest BCUT2D eigenvalue weighted by atomic mass is 9.97. The number of tetrazole rings is 1. The lowest BCUT2D eigenvalue weighted by Gasteiger charge is -2.05. The fraction of sp³-hybridized carbons (Fsp3) is 0.294. The highest BCUT2D eigenvalue weighted by atomic mass is 16.1. The molecule has 1 saturated carbocycles. The summed E-state index contributed by atoms with van der Waals surface area (Å²) in [5, 5.41) is 13.8. The smallest absolute Gasteiger partial charge is 0.196 e. The van der Waals surface area contributed by atoms with Gasteiger partial charge >= 0.3 is 0 Å². The highest BCUT2D eigenvalue weighted by Gasteiger charge is 2.26. The second-order valence-corrected chi connectivity index (χ2v) is 6.10. The maximum atomic E-state index is 13.0. The van der Waals surface area contributed by atoms with Crippen LogP contribution in [-0.4, -0.2) is 31.4 Å². The number of carbonyl (C=O) groups excluding carboxylic acids is 1. The van der Waals surface area contributed by atoms with Crippen LogP contribution in [0.15, 0.2) is 24.3 Å². The quantitative estimate of drug-likeness (QED) is 0.725. The summed E-state index contributed by atoms with van der Waals surface area (Å²) >= 11 is 0. The summed E-state index contributed by atoms with van der Waals surface area (Å²) in [5.41, 5.74) is 5.15. The van der Waals surface area contributed by atoms with Gasteiger partial charge in [-0.25, -0.2) is 5.10 Å². The van der Waals surface area contributed by atoms with Crippen molar-refractivity contribution >= 4 is 5.78 Å². The molecule has 6 heteroatoms. The molecular formula is C17H17N5O. The molecule has 3 aromatic rings. The molecule has 0 amide bonds. The van der Waals surface area contributed by atoms with Crippen molar-refractivity contribution in [3.8, 4) is 11.5 Å². The van der Waals surface area contributed by atoms with Crippen molar-refractivity contribution in [1.29, 1.82) is 0 Å². The number of hydrogen-bond acceptors (Lipinski definition) is 4. The first kappa shape index (κ1) is 13.9. The van der Waals surface area contributed by atoms with Crippen molar-refractivity contribution in [3.63, 3.8) is 0 Å². The Balaban J connectivity index is 1.75. The molecule has 6 nitrogen and oxygen atoms in total. The first-order valence-electron chi connectivity index (χ1n) is 7.73. The van der Waals surface area contributed by atoms with E-state index in [0.29, 0.717) is 17.3 Å². The Hall–Kier alpha value is -2.76. The number of H-pyrrole nitrogens is 2. The van der Waals surface area contributed by atoms with Gasteiger partial charge in [-0.3, -0.25) is 4.79 Å². The van der Waals surface area contributed by atoms with E-state index in [2.05, 4.69) is 31.7 Å². The minimum atomic E-state index is 0.0393. The van der Waals surface area contributed by atoms with Gasteiger partial charge in [0, 0.05) is 16.8 Å². The van der Waals surface area contributed by atoms with Crippen LogP contribution in [0.2, 0.25) is 0 Å². The molecule has 2 aromatic heterocycles. The molecule has 2 N–H and O–H groups in total. The number of rotatable bonds is 4. The standard InChI is InChI=1S/C17H17N5O/c1-9-14(10(2)18-15(9)17-19-21-22-20-17)16(23)13-5-3-4-12(8-13)11-6-7-11/h3-5,8,11,18H,6-7H2,1-2H3,(H,19,20,21,22). The molecular weight excluding hydrogens is 290 g/mol. The van der Waals surface area contributed by atoms with Gasteiger partial charge in [-0.1, -0.05) is 18.2 Å². The molecule has 4 rings (SSSR count). The fourth-order valence-corrected chi connectivity index (χ4v) is 3.09. The third-order valence-corrected chi connectivity index (χ3v) is 4.44. The Labute approximate surface area is 133 Å². The van der Waals surface area contributed by atoms with E-state index in [9.17, 15) is 4.79 Å². The van der Waals surface area contributed by atoms with Crippen molar-refractivity contribution < 1.29 is 4.79 Å². The number of carbonyl (C=O) groups is 1. The predicted octanol–water partition coefficient (Wildman–Crippen LogP) is 2.92. The Morgan fingerprint density at radius 3 is 2.78 bits per heavy atom. The number of nitrogens with zero attached hydrogens (tertiary/aromatic N) is 3. The average molecular weight is 307 g/mol. The zero-order valence-electron chi connectivity index (χ0n) is 13.1. The second-order valence-electron chi connectivity index (χ2n) is 6.10. The van der Waals surface area contributed by atoms with E-state index < -0.39 is 0 Å². The average Bonchev–Trinajstić information content (AvgIpc) is 3.19. The van der Waals surface area contributed by atoms with Crippen LogP contribution in [-0.2, 0) is 0 Å². The Kier molecular flexibility index (Phi) is 3.11. The zero-order valence-corrected chi connectivity index (χ0v) is 13.1. The van der Waals surface area contributed by atoms with Gasteiger partial charge in [0.2, 0.25) is 0 Å². The number of benzene rings is 1. The molecule has 0 radical (unpaired) electrons. The monoisotopic (exact) mass is 307 g/mol. The normalized spacial score (nSPS) is 14.2. The van der Waals surface area contributed by atoms with Crippen LogP contribution in [0.4, 0.5) is 0 Å². The molecule has 1 aromatic carbocycles. The molecule has 0 aliphatic heterocycles. The number of aryl methyl sites for hydroxylation is 1. The van der Waals surface area contributed by atoms with Crippen molar-refractivity contribution in [1.82, 2.24) is 25.6 Å². The van der Waals surface area contributed by atoms with Gasteiger partial charge in [0.1, 0.15) is 0 Å². The summed E-state index contributed by atoms with van der Waals surface area (Å²) in [6, 6.07) is 7.99. The maximum absolute atomic E-state index is 13.0. The minimum Gasteiger partial charge on any atom is -0.355 e. The largest absolute Gasteiger partial charge is 0.355 e. The van der Waals surface area contributed by atoms with Crippen LogP contribution in [0.3, 0.4) is 0 Å². The van der Waals surface area contributed by atoms with Crippen LogP contribution in [0.25, 0.3) is 11.5 Å². The minimum absolute atomic E-state index is 0.0393. The highest BCUT2D eigenvalue weighted by molar-refractivity contribution is 6.11. The van der Waals surface area contributed by atoms with Gasteiger partial charge < -0.3 is 4.98 Å². The first-order chi connectivity index (χ1) is 11.1. The fourth-order valence-electron chi connectivity index (χ4n) is 3.09. The van der Waals surface area contributed by atoms with E-state index in [0.717, 1.165) is 22.5 Å². The van der Waals surface area contributed by atoms with Crippen LogP contribution >= 0.6 is 0 Å². The van der Waals surface area contributed by atoms with E-state index in [4.69, 9.17) is 0 Å². The van der Waals surface area contributed by atoms with Crippen molar-refractivity contribution in [2.24, 2.45) is 0 Å². The van der Waals surface area contributed by atoms with E-state index in [1.54, 1.807) is 0 Å². The van der Waals surface area contributed by atoms with Gasteiger partial charge in [-0.05, 0) is 60.2 Å². The Morgan fingerprint density at radius 2 is 2.09 bits per heavy atom. The maximum Gasteiger partial charge on any atom is 0.196 e. The summed E-state index contributed by atoms with van der Waals surface area (Å²) in [4.78, 5) is 16.2. The molecule has 0 bridgehead atoms. The number of hydrogen-bond donors (Lipinski definition) is 2. The molecule has 0 spiro atoms. The van der Waals surface area contributed by atoms with Crippen LogP contribution in [0, 0.1) is 13.8 Å². The third kappa shape index (κ3) is 2.36. The summed E-state index contributed by atoms with van der Waals surface area (Å²) in [6.07, 6.45) is 2.45. The second kappa shape index (κ2) is 5.15. The lowest BCUT2D eigenvalue weighted by Crippen LogP contribution is -2.04. The Morgan fingerprint density at radius 1 is 1.26 bits per heavy atom. The van der Waals surface area contributed by atoms with Crippen LogP contribution < -0.4 is 0 Å². The predicted molar refractivity (Wildman–Crippen MR) is 85.3 cm³/mol. The van der Waals surface area contributed by atoms with Gasteiger partial charge in [-0.2, -0.15) is 0 Å². The molecule has 23 heavy (non-hydrogen) atoms. The summed E-state index contributed by atoms with van der Waals surface area (Å²) in [7, 11) is 0. The molecule has 2 heterocycles.